The van der Waals surface area contributed by atoms with E-state index in [4.69, 9.17) is 5.73 Å². The highest BCUT2D eigenvalue weighted by Gasteiger charge is 2.35. The Morgan fingerprint density at radius 1 is 1.53 bits per heavy atom. The molecule has 0 saturated heterocycles. The Labute approximate surface area is 114 Å². The van der Waals surface area contributed by atoms with Crippen LogP contribution >= 0.6 is 0 Å². The number of nitrogen functional groups attached to an aromatic ring is 1. The van der Waals surface area contributed by atoms with E-state index in [1.54, 1.807) is 7.05 Å². The van der Waals surface area contributed by atoms with Crippen LogP contribution in [-0.4, -0.2) is 24.0 Å². The molecule has 1 aliphatic carbocycles. The minimum absolute atomic E-state index is 0.00995. The van der Waals surface area contributed by atoms with Gasteiger partial charge in [0.15, 0.2) is 10.8 Å². The average Bonchev–Trinajstić information content (AvgIpc) is 2.84. The van der Waals surface area contributed by atoms with Crippen molar-refractivity contribution in [2.75, 3.05) is 5.73 Å². The standard InChI is InChI=1S/C12H22N4O2S/c1-4-9-5-6-10(8(9)2)15-19(17,18)12-11(13)14-7-16(12)3/h7-10,15H,4-6,13H2,1-3H3. The van der Waals surface area contributed by atoms with E-state index in [1.807, 2.05) is 0 Å². The lowest BCUT2D eigenvalue weighted by Crippen LogP contribution is -2.38. The van der Waals surface area contributed by atoms with Gasteiger partial charge < -0.3 is 10.3 Å². The Hall–Kier alpha value is -1.08. The smallest absolute Gasteiger partial charge is 0.260 e. The van der Waals surface area contributed by atoms with Gasteiger partial charge in [-0.1, -0.05) is 20.3 Å². The zero-order chi connectivity index (χ0) is 14.2. The zero-order valence-electron chi connectivity index (χ0n) is 11.6. The lowest BCUT2D eigenvalue weighted by Gasteiger charge is -2.21. The Morgan fingerprint density at radius 3 is 2.68 bits per heavy atom. The minimum Gasteiger partial charge on any atom is -0.381 e. The quantitative estimate of drug-likeness (QED) is 0.867. The Morgan fingerprint density at radius 2 is 2.21 bits per heavy atom. The second kappa shape index (κ2) is 5.13. The van der Waals surface area contributed by atoms with Gasteiger partial charge in [-0.05, 0) is 24.7 Å². The first-order valence-electron chi connectivity index (χ1n) is 6.66. The predicted molar refractivity (Wildman–Crippen MR) is 73.9 cm³/mol. The Kier molecular flexibility index (Phi) is 3.87. The Bertz CT molecular complexity index is 533. The minimum atomic E-state index is -3.60. The van der Waals surface area contributed by atoms with Crippen molar-refractivity contribution >= 4 is 15.8 Å². The summed E-state index contributed by atoms with van der Waals surface area (Å²) in [6, 6.07) is -0.00995. The van der Waals surface area contributed by atoms with E-state index in [9.17, 15) is 8.42 Å². The number of rotatable bonds is 4. The third-order valence-electron chi connectivity index (χ3n) is 4.22. The maximum Gasteiger partial charge on any atom is 0.260 e. The number of anilines is 1. The monoisotopic (exact) mass is 286 g/mol. The highest BCUT2D eigenvalue weighted by Crippen LogP contribution is 2.34. The van der Waals surface area contributed by atoms with Gasteiger partial charge in [0, 0.05) is 13.1 Å². The van der Waals surface area contributed by atoms with Gasteiger partial charge >= 0.3 is 0 Å². The van der Waals surface area contributed by atoms with E-state index >= 15 is 0 Å². The molecule has 3 N–H and O–H groups in total. The summed E-state index contributed by atoms with van der Waals surface area (Å²) in [4.78, 5) is 3.83. The highest BCUT2D eigenvalue weighted by molar-refractivity contribution is 7.89. The number of nitrogens with one attached hydrogen (secondary N) is 1. The molecule has 3 unspecified atom stereocenters. The van der Waals surface area contributed by atoms with Crippen LogP contribution in [0.4, 0.5) is 5.82 Å². The Balaban J connectivity index is 2.19. The molecule has 0 spiro atoms. The van der Waals surface area contributed by atoms with Crippen LogP contribution in [0.1, 0.15) is 33.1 Å². The second-order valence-corrected chi connectivity index (χ2v) is 7.01. The van der Waals surface area contributed by atoms with Crippen molar-refractivity contribution in [3.8, 4) is 0 Å². The summed E-state index contributed by atoms with van der Waals surface area (Å²) in [5, 5.41) is 0.0552. The molecule has 6 nitrogen and oxygen atoms in total. The van der Waals surface area contributed by atoms with E-state index in [2.05, 4.69) is 23.6 Å². The van der Waals surface area contributed by atoms with Gasteiger partial charge in [-0.2, -0.15) is 0 Å². The first-order chi connectivity index (χ1) is 8.86. The number of sulfonamides is 1. The molecule has 19 heavy (non-hydrogen) atoms. The van der Waals surface area contributed by atoms with Gasteiger partial charge in [0.1, 0.15) is 0 Å². The van der Waals surface area contributed by atoms with E-state index in [0.29, 0.717) is 11.8 Å². The number of aromatic nitrogens is 2. The van der Waals surface area contributed by atoms with E-state index in [-0.39, 0.29) is 16.9 Å². The summed E-state index contributed by atoms with van der Waals surface area (Å²) in [6.07, 6.45) is 4.46. The van der Waals surface area contributed by atoms with Crippen molar-refractivity contribution in [1.29, 1.82) is 0 Å². The molecule has 0 aromatic carbocycles. The number of aryl methyl sites for hydroxylation is 1. The van der Waals surface area contributed by atoms with Crippen LogP contribution in [0.15, 0.2) is 11.4 Å². The molecular formula is C12H22N4O2S. The lowest BCUT2D eigenvalue weighted by molar-refractivity contribution is 0.368. The molecule has 0 amide bonds. The van der Waals surface area contributed by atoms with Crippen molar-refractivity contribution in [1.82, 2.24) is 14.3 Å². The molecule has 1 aromatic heterocycles. The molecule has 7 heteroatoms. The summed E-state index contributed by atoms with van der Waals surface area (Å²) in [5.74, 6) is 0.999. The fourth-order valence-electron chi connectivity index (χ4n) is 3.01. The largest absolute Gasteiger partial charge is 0.381 e. The van der Waals surface area contributed by atoms with Gasteiger partial charge in [0.25, 0.3) is 10.0 Å². The van der Waals surface area contributed by atoms with Crippen LogP contribution in [0.5, 0.6) is 0 Å². The molecule has 1 fully saturated rings. The highest BCUT2D eigenvalue weighted by atomic mass is 32.2. The third-order valence-corrected chi connectivity index (χ3v) is 5.84. The van der Waals surface area contributed by atoms with Crippen LogP contribution in [0.2, 0.25) is 0 Å². The number of hydrogen-bond donors (Lipinski definition) is 2. The third kappa shape index (κ3) is 2.62. The van der Waals surface area contributed by atoms with Crippen molar-refractivity contribution < 1.29 is 8.42 Å². The number of imidazole rings is 1. The average molecular weight is 286 g/mol. The van der Waals surface area contributed by atoms with Crippen molar-refractivity contribution in [3.63, 3.8) is 0 Å². The molecule has 0 radical (unpaired) electrons. The molecule has 1 saturated carbocycles. The molecule has 3 atom stereocenters. The molecule has 2 rings (SSSR count). The van der Waals surface area contributed by atoms with Crippen LogP contribution in [0, 0.1) is 11.8 Å². The summed E-state index contributed by atoms with van der Waals surface area (Å²) in [7, 11) is -1.97. The van der Waals surface area contributed by atoms with Crippen LogP contribution < -0.4 is 10.5 Å². The van der Waals surface area contributed by atoms with Crippen LogP contribution in [-0.2, 0) is 17.1 Å². The maximum absolute atomic E-state index is 12.4. The number of nitrogens with two attached hydrogens (primary N) is 1. The van der Waals surface area contributed by atoms with Gasteiger partial charge in [0.05, 0.1) is 6.33 Å². The molecule has 1 aromatic rings. The van der Waals surface area contributed by atoms with E-state index < -0.39 is 10.0 Å². The van der Waals surface area contributed by atoms with Crippen molar-refractivity contribution in [2.45, 2.75) is 44.2 Å². The van der Waals surface area contributed by atoms with Crippen molar-refractivity contribution in [3.05, 3.63) is 6.33 Å². The van der Waals surface area contributed by atoms with Crippen LogP contribution in [0.25, 0.3) is 0 Å². The topological polar surface area (TPSA) is 90.0 Å². The first-order valence-corrected chi connectivity index (χ1v) is 8.14. The molecule has 1 heterocycles. The van der Waals surface area contributed by atoms with Gasteiger partial charge in [-0.25, -0.2) is 18.1 Å². The maximum atomic E-state index is 12.4. The molecule has 108 valence electrons. The fourth-order valence-corrected chi connectivity index (χ4v) is 4.61. The van der Waals surface area contributed by atoms with Crippen LogP contribution in [0.3, 0.4) is 0 Å². The summed E-state index contributed by atoms with van der Waals surface area (Å²) in [6.45, 7) is 4.26. The lowest BCUT2D eigenvalue weighted by atomic mass is 9.94. The summed E-state index contributed by atoms with van der Waals surface area (Å²) < 4.78 is 29.0. The predicted octanol–water partition coefficient (Wildman–Crippen LogP) is 1.11. The van der Waals surface area contributed by atoms with Gasteiger partial charge in [-0.15, -0.1) is 0 Å². The fraction of sp³-hybridized carbons (Fsp3) is 0.750. The first kappa shape index (κ1) is 14.3. The molecule has 0 bridgehead atoms. The SMILES string of the molecule is CCC1CCC(NS(=O)(=O)c2c(N)ncn2C)C1C. The van der Waals surface area contributed by atoms with Gasteiger partial charge in [0.2, 0.25) is 0 Å². The zero-order valence-corrected chi connectivity index (χ0v) is 12.4. The molecular weight excluding hydrogens is 264 g/mol. The number of hydrogen-bond acceptors (Lipinski definition) is 4. The van der Waals surface area contributed by atoms with E-state index in [1.165, 1.54) is 10.9 Å². The summed E-state index contributed by atoms with van der Waals surface area (Å²) in [5.41, 5.74) is 5.64. The summed E-state index contributed by atoms with van der Waals surface area (Å²) >= 11 is 0. The second-order valence-electron chi connectivity index (χ2n) is 5.38. The van der Waals surface area contributed by atoms with E-state index in [0.717, 1.165) is 19.3 Å². The van der Waals surface area contributed by atoms with Crippen molar-refractivity contribution in [2.24, 2.45) is 18.9 Å². The number of nitrogens with zero attached hydrogens (tertiary/aromatic N) is 2. The molecule has 1 aliphatic rings. The van der Waals surface area contributed by atoms with Gasteiger partial charge in [-0.3, -0.25) is 0 Å². The molecule has 0 aliphatic heterocycles. The normalized spacial score (nSPS) is 27.8.